The number of benzene rings is 1. The molecular formula is C13H7ClFNO2. The molecular weight excluding hydrogens is 257 g/mol. The van der Waals surface area contributed by atoms with E-state index < -0.39 is 17.4 Å². The Bertz CT molecular complexity index is 611. The first-order chi connectivity index (χ1) is 8.59. The second-order valence-corrected chi connectivity index (χ2v) is 3.86. The van der Waals surface area contributed by atoms with Crippen LogP contribution in [0.2, 0.25) is 5.15 Å². The third kappa shape index (κ3) is 2.43. The Morgan fingerprint density at radius 1 is 1.06 bits per heavy atom. The van der Waals surface area contributed by atoms with Crippen LogP contribution < -0.4 is 0 Å². The van der Waals surface area contributed by atoms with Crippen molar-refractivity contribution in [2.24, 2.45) is 0 Å². The van der Waals surface area contributed by atoms with Gasteiger partial charge in [0.15, 0.2) is 0 Å². The van der Waals surface area contributed by atoms with Gasteiger partial charge in [0.2, 0.25) is 11.6 Å². The number of nitrogens with zero attached hydrogens (tertiary/aromatic N) is 1. The van der Waals surface area contributed by atoms with E-state index in [9.17, 15) is 14.0 Å². The maximum absolute atomic E-state index is 12.7. The molecule has 0 fully saturated rings. The maximum Gasteiger partial charge on any atom is 0.236 e. The van der Waals surface area contributed by atoms with Gasteiger partial charge in [0.05, 0.1) is 5.56 Å². The van der Waals surface area contributed by atoms with Gasteiger partial charge < -0.3 is 0 Å². The molecule has 1 heterocycles. The minimum Gasteiger partial charge on any atom is -0.285 e. The summed E-state index contributed by atoms with van der Waals surface area (Å²) in [7, 11) is 0. The quantitative estimate of drug-likeness (QED) is 0.486. The molecule has 0 saturated heterocycles. The van der Waals surface area contributed by atoms with Crippen LogP contribution in [-0.4, -0.2) is 16.6 Å². The molecule has 0 radical (unpaired) electrons. The molecule has 2 aromatic rings. The van der Waals surface area contributed by atoms with Gasteiger partial charge in [-0.3, -0.25) is 9.59 Å². The van der Waals surface area contributed by atoms with Crippen LogP contribution in [-0.2, 0) is 0 Å². The predicted octanol–water partition coefficient (Wildman–Crippen LogP) is 2.94. The van der Waals surface area contributed by atoms with Gasteiger partial charge in [-0.1, -0.05) is 11.6 Å². The Balaban J connectivity index is 2.33. The highest BCUT2D eigenvalue weighted by Gasteiger charge is 2.20. The fraction of sp³-hybridized carbons (Fsp3) is 0. The van der Waals surface area contributed by atoms with E-state index in [0.29, 0.717) is 0 Å². The molecule has 2 rings (SSSR count). The van der Waals surface area contributed by atoms with Gasteiger partial charge in [0.1, 0.15) is 11.0 Å². The molecule has 0 N–H and O–H groups in total. The average Bonchev–Trinajstić information content (AvgIpc) is 2.38. The molecule has 0 unspecified atom stereocenters. The van der Waals surface area contributed by atoms with Gasteiger partial charge in [-0.05, 0) is 36.4 Å². The first-order valence-corrected chi connectivity index (χ1v) is 5.42. The lowest BCUT2D eigenvalue weighted by atomic mass is 10.0. The highest BCUT2D eigenvalue weighted by atomic mass is 35.5. The van der Waals surface area contributed by atoms with Crippen molar-refractivity contribution in [3.8, 4) is 0 Å². The molecule has 0 amide bonds. The summed E-state index contributed by atoms with van der Waals surface area (Å²) in [5.74, 6) is -1.98. The molecule has 0 aliphatic carbocycles. The number of Topliss-reactive ketones (excluding diaryl/α,β-unsaturated/α-hetero) is 2. The molecule has 1 aromatic heterocycles. The predicted molar refractivity (Wildman–Crippen MR) is 64.3 cm³/mol. The first kappa shape index (κ1) is 12.4. The van der Waals surface area contributed by atoms with E-state index in [-0.39, 0.29) is 16.3 Å². The molecule has 0 spiro atoms. The molecule has 0 aliphatic heterocycles. The van der Waals surface area contributed by atoms with E-state index in [2.05, 4.69) is 4.98 Å². The minimum atomic E-state index is -0.764. The zero-order chi connectivity index (χ0) is 13.1. The summed E-state index contributed by atoms with van der Waals surface area (Å²) in [6, 6.07) is 7.66. The molecule has 0 saturated carbocycles. The maximum atomic E-state index is 12.7. The third-order valence-corrected chi connectivity index (χ3v) is 2.62. The van der Waals surface area contributed by atoms with Gasteiger partial charge in [-0.25, -0.2) is 9.37 Å². The van der Waals surface area contributed by atoms with Crippen LogP contribution in [0.5, 0.6) is 0 Å². The van der Waals surface area contributed by atoms with Crippen molar-refractivity contribution in [1.29, 1.82) is 0 Å². The number of hydrogen-bond donors (Lipinski definition) is 0. The Hall–Kier alpha value is -2.07. The smallest absolute Gasteiger partial charge is 0.236 e. The minimum absolute atomic E-state index is 0.0297. The number of halogens is 2. The van der Waals surface area contributed by atoms with Crippen LogP contribution >= 0.6 is 11.6 Å². The first-order valence-electron chi connectivity index (χ1n) is 5.04. The molecule has 0 aliphatic rings. The van der Waals surface area contributed by atoms with Gasteiger partial charge in [0, 0.05) is 11.8 Å². The van der Waals surface area contributed by atoms with Crippen molar-refractivity contribution in [3.05, 3.63) is 64.7 Å². The summed E-state index contributed by atoms with van der Waals surface area (Å²) in [5, 5.41) is -0.0297. The molecule has 3 nitrogen and oxygen atoms in total. The van der Waals surface area contributed by atoms with Crippen molar-refractivity contribution in [3.63, 3.8) is 0 Å². The highest BCUT2D eigenvalue weighted by Crippen LogP contribution is 2.15. The Morgan fingerprint density at radius 2 is 1.72 bits per heavy atom. The lowest BCUT2D eigenvalue weighted by Crippen LogP contribution is -2.15. The van der Waals surface area contributed by atoms with E-state index in [1.54, 1.807) is 0 Å². The summed E-state index contributed by atoms with van der Waals surface area (Å²) < 4.78 is 12.7. The van der Waals surface area contributed by atoms with E-state index in [0.717, 1.165) is 12.1 Å². The van der Waals surface area contributed by atoms with Crippen LogP contribution in [0, 0.1) is 5.82 Å². The van der Waals surface area contributed by atoms with E-state index in [1.807, 2.05) is 0 Å². The van der Waals surface area contributed by atoms with E-state index in [1.165, 1.54) is 30.5 Å². The number of aromatic nitrogens is 1. The third-order valence-electron chi connectivity index (χ3n) is 2.32. The molecule has 18 heavy (non-hydrogen) atoms. The summed E-state index contributed by atoms with van der Waals surface area (Å²) >= 11 is 5.73. The topological polar surface area (TPSA) is 47.0 Å². The molecule has 90 valence electrons. The summed E-state index contributed by atoms with van der Waals surface area (Å²) in [6.45, 7) is 0. The van der Waals surface area contributed by atoms with Crippen LogP contribution in [0.25, 0.3) is 0 Å². The Kier molecular flexibility index (Phi) is 3.48. The number of carbonyl (C=O) groups is 2. The highest BCUT2D eigenvalue weighted by molar-refractivity contribution is 6.51. The zero-order valence-corrected chi connectivity index (χ0v) is 9.82. The van der Waals surface area contributed by atoms with Crippen LogP contribution in [0.1, 0.15) is 20.7 Å². The van der Waals surface area contributed by atoms with Crippen LogP contribution in [0.15, 0.2) is 42.6 Å². The number of hydrogen-bond acceptors (Lipinski definition) is 3. The molecule has 1 aromatic carbocycles. The second-order valence-electron chi connectivity index (χ2n) is 3.51. The van der Waals surface area contributed by atoms with Gasteiger partial charge in [-0.2, -0.15) is 0 Å². The fourth-order valence-electron chi connectivity index (χ4n) is 1.41. The van der Waals surface area contributed by atoms with Crippen molar-refractivity contribution < 1.29 is 14.0 Å². The SMILES string of the molecule is O=C(C(=O)c1cccnc1Cl)c1ccc(F)cc1. The largest absolute Gasteiger partial charge is 0.285 e. The molecule has 5 heteroatoms. The molecule has 0 bridgehead atoms. The zero-order valence-electron chi connectivity index (χ0n) is 9.06. The van der Waals surface area contributed by atoms with Crippen molar-refractivity contribution in [2.75, 3.05) is 0 Å². The van der Waals surface area contributed by atoms with Gasteiger partial charge >= 0.3 is 0 Å². The summed E-state index contributed by atoms with van der Waals surface area (Å²) in [5.41, 5.74) is 0.148. The van der Waals surface area contributed by atoms with Crippen molar-refractivity contribution >= 4 is 23.2 Å². The summed E-state index contributed by atoms with van der Waals surface area (Å²) in [6.07, 6.45) is 1.42. The van der Waals surface area contributed by atoms with E-state index in [4.69, 9.17) is 11.6 Å². The number of carbonyl (C=O) groups excluding carboxylic acids is 2. The normalized spacial score (nSPS) is 10.1. The molecule has 0 atom stereocenters. The van der Waals surface area contributed by atoms with E-state index >= 15 is 0 Å². The lowest BCUT2D eigenvalue weighted by molar-refractivity contribution is 0.0816. The number of pyridine rings is 1. The average molecular weight is 264 g/mol. The fourth-order valence-corrected chi connectivity index (χ4v) is 1.62. The second kappa shape index (κ2) is 5.06. The Labute approximate surface area is 107 Å². The number of rotatable bonds is 3. The summed E-state index contributed by atoms with van der Waals surface area (Å²) in [4.78, 5) is 27.5. The van der Waals surface area contributed by atoms with Crippen LogP contribution in [0.4, 0.5) is 4.39 Å². The lowest BCUT2D eigenvalue weighted by Gasteiger charge is -2.02. The van der Waals surface area contributed by atoms with Crippen LogP contribution in [0.3, 0.4) is 0 Å². The van der Waals surface area contributed by atoms with Gasteiger partial charge in [-0.15, -0.1) is 0 Å². The Morgan fingerprint density at radius 3 is 2.33 bits per heavy atom. The van der Waals surface area contributed by atoms with Gasteiger partial charge in [0.25, 0.3) is 0 Å². The van der Waals surface area contributed by atoms with Crippen molar-refractivity contribution in [2.45, 2.75) is 0 Å². The monoisotopic (exact) mass is 263 g/mol. The number of ketones is 2. The van der Waals surface area contributed by atoms with Crippen molar-refractivity contribution in [1.82, 2.24) is 4.98 Å². The standard InChI is InChI=1S/C13H7ClFNO2/c14-13-10(2-1-7-16-13)12(18)11(17)8-3-5-9(15)6-4-8/h1-7H.